The standard InChI is InChI=1S/C24H30Cl3N3O4S/c1-5-28-24(32)17(3)29(15-18-9-11-20(26)21(27)13-18)23(31)7-6-12-30(35(4,33)34)22-14-19(25)10-8-16(22)2/h8-11,13-14,17H,5-7,12,15H2,1-4H3,(H,28,32). The Morgan fingerprint density at radius 3 is 2.34 bits per heavy atom. The van der Waals surface area contributed by atoms with Crippen molar-refractivity contribution in [2.75, 3.05) is 23.7 Å². The summed E-state index contributed by atoms with van der Waals surface area (Å²) < 4.78 is 26.2. The van der Waals surface area contributed by atoms with Crippen LogP contribution in [0.15, 0.2) is 36.4 Å². The second-order valence-electron chi connectivity index (χ2n) is 8.21. The molecule has 0 heterocycles. The van der Waals surface area contributed by atoms with Crippen molar-refractivity contribution >= 4 is 62.3 Å². The van der Waals surface area contributed by atoms with E-state index in [9.17, 15) is 18.0 Å². The van der Waals surface area contributed by atoms with Crippen LogP contribution in [0.25, 0.3) is 0 Å². The molecule has 7 nitrogen and oxygen atoms in total. The summed E-state index contributed by atoms with van der Waals surface area (Å²) in [6, 6.07) is 9.32. The normalized spacial score (nSPS) is 12.2. The highest BCUT2D eigenvalue weighted by Crippen LogP contribution is 2.27. The van der Waals surface area contributed by atoms with Crippen molar-refractivity contribution in [2.24, 2.45) is 0 Å². The number of carbonyl (C=O) groups excluding carboxylic acids is 2. The second kappa shape index (κ2) is 12.8. The summed E-state index contributed by atoms with van der Waals surface area (Å²) in [7, 11) is -3.61. The molecule has 0 radical (unpaired) electrons. The monoisotopic (exact) mass is 561 g/mol. The van der Waals surface area contributed by atoms with E-state index in [4.69, 9.17) is 34.8 Å². The maximum absolute atomic E-state index is 13.2. The quantitative estimate of drug-likeness (QED) is 0.415. The van der Waals surface area contributed by atoms with E-state index in [-0.39, 0.29) is 37.7 Å². The molecule has 0 saturated heterocycles. The molecular formula is C24H30Cl3N3O4S. The van der Waals surface area contributed by atoms with E-state index in [2.05, 4.69) is 5.32 Å². The second-order valence-corrected chi connectivity index (χ2v) is 11.4. The number of benzene rings is 2. The maximum atomic E-state index is 13.2. The summed E-state index contributed by atoms with van der Waals surface area (Å²) in [6.45, 7) is 5.91. The molecule has 0 aliphatic heterocycles. The van der Waals surface area contributed by atoms with Gasteiger partial charge in [-0.3, -0.25) is 13.9 Å². The number of amides is 2. The fraction of sp³-hybridized carbons (Fsp3) is 0.417. The minimum absolute atomic E-state index is 0.0384. The van der Waals surface area contributed by atoms with E-state index in [1.54, 1.807) is 57.2 Å². The third-order valence-corrected chi connectivity index (χ3v) is 7.60. The van der Waals surface area contributed by atoms with E-state index in [0.29, 0.717) is 27.3 Å². The average molecular weight is 563 g/mol. The highest BCUT2D eigenvalue weighted by molar-refractivity contribution is 7.92. The summed E-state index contributed by atoms with van der Waals surface area (Å²) >= 11 is 18.2. The summed E-state index contributed by atoms with van der Waals surface area (Å²) in [6.07, 6.45) is 1.40. The lowest BCUT2D eigenvalue weighted by atomic mass is 10.1. The number of sulfonamides is 1. The predicted molar refractivity (Wildman–Crippen MR) is 143 cm³/mol. The molecule has 2 rings (SSSR count). The van der Waals surface area contributed by atoms with Gasteiger partial charge in [0.1, 0.15) is 6.04 Å². The fourth-order valence-electron chi connectivity index (χ4n) is 3.57. The molecule has 0 aliphatic carbocycles. The molecule has 0 saturated carbocycles. The number of anilines is 1. The minimum Gasteiger partial charge on any atom is -0.355 e. The molecule has 2 aromatic rings. The lowest BCUT2D eigenvalue weighted by Gasteiger charge is -2.29. The first-order valence-electron chi connectivity index (χ1n) is 11.1. The molecule has 35 heavy (non-hydrogen) atoms. The molecular weight excluding hydrogens is 533 g/mol. The zero-order chi connectivity index (χ0) is 26.3. The van der Waals surface area contributed by atoms with Crippen molar-refractivity contribution in [3.05, 3.63) is 62.6 Å². The topological polar surface area (TPSA) is 86.8 Å². The number of likely N-dealkylation sites (N-methyl/N-ethyl adjacent to an activating group) is 1. The Kier molecular flexibility index (Phi) is 10.7. The summed E-state index contributed by atoms with van der Waals surface area (Å²) in [5.41, 5.74) is 1.93. The third kappa shape index (κ3) is 8.27. The Hall–Kier alpha value is -2.00. The van der Waals surface area contributed by atoms with Crippen molar-refractivity contribution in [1.29, 1.82) is 0 Å². The number of hydrogen-bond acceptors (Lipinski definition) is 4. The van der Waals surface area contributed by atoms with Crippen molar-refractivity contribution in [2.45, 2.75) is 46.2 Å². The van der Waals surface area contributed by atoms with Crippen LogP contribution in [0, 0.1) is 6.92 Å². The van der Waals surface area contributed by atoms with E-state index in [0.717, 1.165) is 17.4 Å². The number of hydrogen-bond donors (Lipinski definition) is 1. The van der Waals surface area contributed by atoms with E-state index >= 15 is 0 Å². The number of halogens is 3. The molecule has 11 heteroatoms. The van der Waals surface area contributed by atoms with Gasteiger partial charge < -0.3 is 10.2 Å². The lowest BCUT2D eigenvalue weighted by Crippen LogP contribution is -2.47. The highest BCUT2D eigenvalue weighted by Gasteiger charge is 2.27. The smallest absolute Gasteiger partial charge is 0.242 e. The third-order valence-electron chi connectivity index (χ3n) is 5.45. The Morgan fingerprint density at radius 2 is 1.74 bits per heavy atom. The molecule has 0 bridgehead atoms. The van der Waals surface area contributed by atoms with Crippen molar-refractivity contribution in [3.63, 3.8) is 0 Å². The highest BCUT2D eigenvalue weighted by atomic mass is 35.5. The van der Waals surface area contributed by atoms with Crippen molar-refractivity contribution in [1.82, 2.24) is 10.2 Å². The lowest BCUT2D eigenvalue weighted by molar-refractivity contribution is -0.140. The van der Waals surface area contributed by atoms with Crippen LogP contribution in [0.1, 0.15) is 37.8 Å². The van der Waals surface area contributed by atoms with Crippen molar-refractivity contribution in [3.8, 4) is 0 Å². The molecule has 0 spiro atoms. The van der Waals surface area contributed by atoms with Gasteiger partial charge in [0.05, 0.1) is 22.0 Å². The molecule has 1 atom stereocenters. The summed E-state index contributed by atoms with van der Waals surface area (Å²) in [4.78, 5) is 27.2. The van der Waals surface area contributed by atoms with Gasteiger partial charge in [-0.1, -0.05) is 46.9 Å². The Labute approximate surface area is 222 Å². The molecule has 192 valence electrons. The van der Waals surface area contributed by atoms with Crippen molar-refractivity contribution < 1.29 is 18.0 Å². The van der Waals surface area contributed by atoms with Crippen LogP contribution in [-0.2, 0) is 26.2 Å². The van der Waals surface area contributed by atoms with Gasteiger partial charge in [-0.05, 0) is 62.6 Å². The SMILES string of the molecule is CCNC(=O)C(C)N(Cc1ccc(Cl)c(Cl)c1)C(=O)CCCN(c1cc(Cl)ccc1C)S(C)(=O)=O. The first-order chi connectivity index (χ1) is 16.3. The average Bonchev–Trinajstić information content (AvgIpc) is 2.78. The Balaban J connectivity index is 2.21. The van der Waals surface area contributed by atoms with E-state index in [1.807, 2.05) is 0 Å². The predicted octanol–water partition coefficient (Wildman–Crippen LogP) is 5.05. The number of carbonyl (C=O) groups is 2. The number of rotatable bonds is 11. The van der Waals surface area contributed by atoms with Gasteiger partial charge in [0.2, 0.25) is 21.8 Å². The van der Waals surface area contributed by atoms with Gasteiger partial charge in [0.15, 0.2) is 0 Å². The maximum Gasteiger partial charge on any atom is 0.242 e. The molecule has 2 amide bonds. The zero-order valence-corrected chi connectivity index (χ0v) is 23.2. The minimum atomic E-state index is -3.61. The first-order valence-corrected chi connectivity index (χ1v) is 14.1. The van der Waals surface area contributed by atoms with Gasteiger partial charge in [-0.2, -0.15) is 0 Å². The molecule has 0 aromatic heterocycles. The largest absolute Gasteiger partial charge is 0.355 e. The molecule has 0 fully saturated rings. The fourth-order valence-corrected chi connectivity index (χ4v) is 5.07. The van der Waals surface area contributed by atoms with Gasteiger partial charge >= 0.3 is 0 Å². The van der Waals surface area contributed by atoms with Crippen LogP contribution in [-0.4, -0.2) is 50.5 Å². The molecule has 1 unspecified atom stereocenters. The molecule has 0 aliphatic rings. The van der Waals surface area contributed by atoms with E-state index < -0.39 is 16.1 Å². The van der Waals surface area contributed by atoms with Gasteiger partial charge in [0.25, 0.3) is 0 Å². The molecule has 2 aromatic carbocycles. The van der Waals surface area contributed by atoms with Gasteiger partial charge in [0, 0.05) is 31.1 Å². The number of nitrogens with zero attached hydrogens (tertiary/aromatic N) is 2. The number of aryl methyl sites for hydroxylation is 1. The van der Waals surface area contributed by atoms with Gasteiger partial charge in [-0.25, -0.2) is 8.42 Å². The van der Waals surface area contributed by atoms with Crippen LogP contribution >= 0.6 is 34.8 Å². The first kappa shape index (κ1) is 29.2. The Bertz CT molecular complexity index is 1170. The van der Waals surface area contributed by atoms with Gasteiger partial charge in [-0.15, -0.1) is 0 Å². The van der Waals surface area contributed by atoms with Crippen LogP contribution in [0.2, 0.25) is 15.1 Å². The summed E-state index contributed by atoms with van der Waals surface area (Å²) in [5.74, 6) is -0.570. The number of nitrogens with one attached hydrogen (secondary N) is 1. The summed E-state index contributed by atoms with van der Waals surface area (Å²) in [5, 5.41) is 3.89. The Morgan fingerprint density at radius 1 is 1.06 bits per heavy atom. The zero-order valence-electron chi connectivity index (χ0n) is 20.1. The molecule has 1 N–H and O–H groups in total. The van der Waals surface area contributed by atoms with E-state index in [1.165, 1.54) is 9.21 Å². The van der Waals surface area contributed by atoms with Crippen LogP contribution in [0.3, 0.4) is 0 Å². The van der Waals surface area contributed by atoms with Crippen LogP contribution in [0.5, 0.6) is 0 Å². The van der Waals surface area contributed by atoms with Crippen LogP contribution < -0.4 is 9.62 Å². The van der Waals surface area contributed by atoms with Crippen LogP contribution in [0.4, 0.5) is 5.69 Å².